The Morgan fingerprint density at radius 1 is 1.00 bits per heavy atom. The predicted molar refractivity (Wildman–Crippen MR) is 84.1 cm³/mol. The van der Waals surface area contributed by atoms with Crippen molar-refractivity contribution >= 4 is 5.97 Å². The van der Waals surface area contributed by atoms with E-state index in [0.29, 0.717) is 5.56 Å². The van der Waals surface area contributed by atoms with Gasteiger partial charge in [0.15, 0.2) is 0 Å². The topological polar surface area (TPSA) is 26.3 Å². The highest BCUT2D eigenvalue weighted by Crippen LogP contribution is 2.12. The van der Waals surface area contributed by atoms with Gasteiger partial charge in [-0.3, -0.25) is 0 Å². The van der Waals surface area contributed by atoms with Gasteiger partial charge in [0.2, 0.25) is 0 Å². The molecule has 0 atom stereocenters. The van der Waals surface area contributed by atoms with Gasteiger partial charge in [-0.25, -0.2) is 4.79 Å². The monoisotopic (exact) mass is 276 g/mol. The lowest BCUT2D eigenvalue weighted by Crippen LogP contribution is -2.11. The number of benzene rings is 1. The van der Waals surface area contributed by atoms with Crippen LogP contribution in [0.5, 0.6) is 0 Å². The smallest absolute Gasteiger partial charge is 0.338 e. The summed E-state index contributed by atoms with van der Waals surface area (Å²) in [4.78, 5) is 11.7. The van der Waals surface area contributed by atoms with Crippen LogP contribution in [-0.2, 0) is 11.2 Å². The van der Waals surface area contributed by atoms with Gasteiger partial charge in [0.05, 0.1) is 11.7 Å². The van der Waals surface area contributed by atoms with E-state index in [1.54, 1.807) is 0 Å². The first-order valence-corrected chi connectivity index (χ1v) is 7.93. The van der Waals surface area contributed by atoms with Gasteiger partial charge >= 0.3 is 5.97 Å². The number of hydrogen-bond donors (Lipinski definition) is 0. The first-order chi connectivity index (χ1) is 9.63. The number of aryl methyl sites for hydroxylation is 1. The molecule has 0 spiro atoms. The van der Waals surface area contributed by atoms with Crippen LogP contribution in [0.2, 0.25) is 0 Å². The van der Waals surface area contributed by atoms with E-state index >= 15 is 0 Å². The molecule has 0 amide bonds. The van der Waals surface area contributed by atoms with Crippen LogP contribution in [0.25, 0.3) is 0 Å². The maximum Gasteiger partial charge on any atom is 0.338 e. The number of carbonyl (C=O) groups is 1. The van der Waals surface area contributed by atoms with Crippen molar-refractivity contribution in [1.82, 2.24) is 0 Å². The second-order valence-electron chi connectivity index (χ2n) is 5.67. The molecule has 0 saturated heterocycles. The number of ether oxygens (including phenoxy) is 1. The van der Waals surface area contributed by atoms with Gasteiger partial charge in [-0.05, 0) is 44.4 Å². The number of hydrogen-bond acceptors (Lipinski definition) is 2. The Bertz CT molecular complexity index is 379. The van der Waals surface area contributed by atoms with Crippen molar-refractivity contribution in [2.24, 2.45) is 0 Å². The molecule has 0 saturated carbocycles. The Hall–Kier alpha value is -1.31. The summed E-state index contributed by atoms with van der Waals surface area (Å²) in [7, 11) is 0. The minimum absolute atomic E-state index is 0.0645. The summed E-state index contributed by atoms with van der Waals surface area (Å²) in [5, 5.41) is 0. The molecule has 0 aliphatic carbocycles. The van der Waals surface area contributed by atoms with E-state index in [4.69, 9.17) is 4.74 Å². The van der Waals surface area contributed by atoms with E-state index in [9.17, 15) is 4.79 Å². The summed E-state index contributed by atoms with van der Waals surface area (Å²) >= 11 is 0. The van der Waals surface area contributed by atoms with Crippen LogP contribution >= 0.6 is 0 Å². The lowest BCUT2D eigenvalue weighted by atomic mass is 10.0. The van der Waals surface area contributed by atoms with Crippen LogP contribution in [0.3, 0.4) is 0 Å². The van der Waals surface area contributed by atoms with Crippen LogP contribution in [0.4, 0.5) is 0 Å². The van der Waals surface area contributed by atoms with E-state index in [1.165, 1.54) is 44.1 Å². The van der Waals surface area contributed by atoms with Crippen molar-refractivity contribution < 1.29 is 9.53 Å². The third-order valence-corrected chi connectivity index (χ3v) is 3.35. The van der Waals surface area contributed by atoms with Crippen molar-refractivity contribution in [1.29, 1.82) is 0 Å². The SMILES string of the molecule is CCCCCCCCc1ccc(C(=O)OC(C)C)cc1. The van der Waals surface area contributed by atoms with Gasteiger partial charge in [-0.1, -0.05) is 51.2 Å². The van der Waals surface area contributed by atoms with Crippen molar-refractivity contribution in [2.75, 3.05) is 0 Å². The molecule has 0 aliphatic rings. The lowest BCUT2D eigenvalue weighted by Gasteiger charge is -2.08. The first-order valence-electron chi connectivity index (χ1n) is 7.93. The average molecular weight is 276 g/mol. The standard InChI is InChI=1S/C18H28O2/c1-4-5-6-7-8-9-10-16-11-13-17(14-12-16)18(19)20-15(2)3/h11-15H,4-10H2,1-3H3. The van der Waals surface area contributed by atoms with Crippen molar-refractivity contribution in [3.63, 3.8) is 0 Å². The highest BCUT2D eigenvalue weighted by Gasteiger charge is 2.08. The van der Waals surface area contributed by atoms with Crippen molar-refractivity contribution in [3.8, 4) is 0 Å². The summed E-state index contributed by atoms with van der Waals surface area (Å²) in [6, 6.07) is 7.83. The molecule has 0 unspecified atom stereocenters. The molecule has 0 N–H and O–H groups in total. The summed E-state index contributed by atoms with van der Waals surface area (Å²) in [5.41, 5.74) is 1.95. The minimum Gasteiger partial charge on any atom is -0.459 e. The summed E-state index contributed by atoms with van der Waals surface area (Å²) < 4.78 is 5.17. The molecule has 0 aromatic heterocycles. The fraction of sp³-hybridized carbons (Fsp3) is 0.611. The van der Waals surface area contributed by atoms with Crippen LogP contribution in [0, 0.1) is 0 Å². The predicted octanol–water partition coefficient (Wildman–Crippen LogP) is 5.15. The Balaban J connectivity index is 2.30. The molecule has 0 heterocycles. The first kappa shape index (κ1) is 16.7. The van der Waals surface area contributed by atoms with E-state index < -0.39 is 0 Å². The van der Waals surface area contributed by atoms with E-state index in [1.807, 2.05) is 38.1 Å². The molecule has 1 aromatic rings. The largest absolute Gasteiger partial charge is 0.459 e. The molecule has 1 aromatic carbocycles. The van der Waals surface area contributed by atoms with Gasteiger partial charge in [-0.2, -0.15) is 0 Å². The number of rotatable bonds is 9. The summed E-state index contributed by atoms with van der Waals surface area (Å²) in [6.07, 6.45) is 8.93. The van der Waals surface area contributed by atoms with Crippen LogP contribution in [0.15, 0.2) is 24.3 Å². The Kier molecular flexibility index (Phi) is 8.01. The molecular weight excluding hydrogens is 248 g/mol. The molecule has 1 rings (SSSR count). The Morgan fingerprint density at radius 2 is 1.60 bits per heavy atom. The quantitative estimate of drug-likeness (QED) is 0.460. The van der Waals surface area contributed by atoms with E-state index in [2.05, 4.69) is 6.92 Å². The molecule has 112 valence electrons. The average Bonchev–Trinajstić information content (AvgIpc) is 2.42. The van der Waals surface area contributed by atoms with Gasteiger partial charge in [0.1, 0.15) is 0 Å². The van der Waals surface area contributed by atoms with Crippen LogP contribution in [0.1, 0.15) is 75.2 Å². The third kappa shape index (κ3) is 6.74. The molecule has 20 heavy (non-hydrogen) atoms. The zero-order valence-corrected chi connectivity index (χ0v) is 13.2. The second kappa shape index (κ2) is 9.57. The van der Waals surface area contributed by atoms with Gasteiger partial charge in [0, 0.05) is 0 Å². The highest BCUT2D eigenvalue weighted by atomic mass is 16.5. The van der Waals surface area contributed by atoms with E-state index in [0.717, 1.165) is 6.42 Å². The zero-order chi connectivity index (χ0) is 14.8. The molecule has 0 fully saturated rings. The van der Waals surface area contributed by atoms with Crippen LogP contribution < -0.4 is 0 Å². The third-order valence-electron chi connectivity index (χ3n) is 3.35. The molecular formula is C18H28O2. The second-order valence-corrected chi connectivity index (χ2v) is 5.67. The van der Waals surface area contributed by atoms with Crippen molar-refractivity contribution in [2.45, 2.75) is 71.8 Å². The Labute approximate surface area is 123 Å². The molecule has 0 aliphatic heterocycles. The molecule has 0 radical (unpaired) electrons. The zero-order valence-electron chi connectivity index (χ0n) is 13.2. The van der Waals surface area contributed by atoms with Gasteiger partial charge in [-0.15, -0.1) is 0 Å². The van der Waals surface area contributed by atoms with Gasteiger partial charge in [0.25, 0.3) is 0 Å². The maximum atomic E-state index is 11.7. The molecule has 0 bridgehead atoms. The number of esters is 1. The van der Waals surface area contributed by atoms with Crippen molar-refractivity contribution in [3.05, 3.63) is 35.4 Å². The maximum absolute atomic E-state index is 11.7. The number of carbonyl (C=O) groups excluding carboxylic acids is 1. The fourth-order valence-corrected chi connectivity index (χ4v) is 2.20. The molecule has 2 nitrogen and oxygen atoms in total. The van der Waals surface area contributed by atoms with Gasteiger partial charge < -0.3 is 4.74 Å². The summed E-state index contributed by atoms with van der Waals surface area (Å²) in [6.45, 7) is 5.97. The molecule has 2 heteroatoms. The van der Waals surface area contributed by atoms with E-state index in [-0.39, 0.29) is 12.1 Å². The lowest BCUT2D eigenvalue weighted by molar-refractivity contribution is 0.0378. The normalized spacial score (nSPS) is 10.8. The summed E-state index contributed by atoms with van der Waals surface area (Å²) in [5.74, 6) is -0.230. The minimum atomic E-state index is -0.230. The number of unbranched alkanes of at least 4 members (excludes halogenated alkanes) is 5. The van der Waals surface area contributed by atoms with Crippen LogP contribution in [-0.4, -0.2) is 12.1 Å². The fourth-order valence-electron chi connectivity index (χ4n) is 2.20. The Morgan fingerprint density at radius 3 is 2.20 bits per heavy atom. The highest BCUT2D eigenvalue weighted by molar-refractivity contribution is 5.89.